The van der Waals surface area contributed by atoms with Gasteiger partial charge in [-0.3, -0.25) is 9.69 Å². The Morgan fingerprint density at radius 2 is 2.23 bits per heavy atom. The van der Waals surface area contributed by atoms with Crippen molar-refractivity contribution in [2.24, 2.45) is 0 Å². The SMILES string of the molecule is C#[N+][C@@H]1CC[C@H](C(=O)NCCF)N1c1nc(-c2c[nH]c3ncc(Cl)cc23)ncc1F. The second kappa shape index (κ2) is 8.20. The topological polar surface area (TPSA) is 91.2 Å². The summed E-state index contributed by atoms with van der Waals surface area (Å²) in [6.07, 6.45) is 4.31. The van der Waals surface area contributed by atoms with Crippen molar-refractivity contribution < 1.29 is 13.6 Å². The molecule has 4 heterocycles. The van der Waals surface area contributed by atoms with Crippen LogP contribution in [0.2, 0.25) is 5.02 Å². The molecule has 154 valence electrons. The van der Waals surface area contributed by atoms with Crippen molar-refractivity contribution in [2.75, 3.05) is 18.1 Å². The molecule has 4 rings (SSSR count). The first-order valence-electron chi connectivity index (χ1n) is 9.21. The smallest absolute Gasteiger partial charge is 0.349 e. The monoisotopic (exact) mass is 432 g/mol. The second-order valence-electron chi connectivity index (χ2n) is 6.73. The van der Waals surface area contributed by atoms with E-state index in [2.05, 4.69) is 30.1 Å². The first-order valence-corrected chi connectivity index (χ1v) is 9.59. The van der Waals surface area contributed by atoms with Crippen LogP contribution in [-0.4, -0.2) is 51.3 Å². The highest BCUT2D eigenvalue weighted by Crippen LogP contribution is 2.34. The maximum absolute atomic E-state index is 14.8. The quantitative estimate of drug-likeness (QED) is 0.646. The maximum atomic E-state index is 14.8. The number of aromatic amines is 1. The van der Waals surface area contributed by atoms with E-state index in [0.717, 1.165) is 6.20 Å². The summed E-state index contributed by atoms with van der Waals surface area (Å²) in [5.41, 5.74) is 1.14. The van der Waals surface area contributed by atoms with Crippen molar-refractivity contribution in [3.8, 4) is 18.0 Å². The summed E-state index contributed by atoms with van der Waals surface area (Å²) < 4.78 is 27.2. The first-order chi connectivity index (χ1) is 14.5. The summed E-state index contributed by atoms with van der Waals surface area (Å²) in [5.74, 6) is -1.07. The average Bonchev–Trinajstić information content (AvgIpc) is 3.36. The van der Waals surface area contributed by atoms with Gasteiger partial charge in [-0.25, -0.2) is 23.7 Å². The largest absolute Gasteiger partial charge is 0.352 e. The van der Waals surface area contributed by atoms with E-state index in [1.807, 2.05) is 0 Å². The number of rotatable bonds is 5. The Bertz CT molecular complexity index is 1150. The van der Waals surface area contributed by atoms with E-state index in [9.17, 15) is 13.6 Å². The summed E-state index contributed by atoms with van der Waals surface area (Å²) in [6, 6.07) is 0.911. The molecule has 1 aliphatic rings. The van der Waals surface area contributed by atoms with Crippen LogP contribution >= 0.6 is 11.6 Å². The lowest BCUT2D eigenvalue weighted by molar-refractivity contribution is -0.122. The Balaban J connectivity index is 1.77. The van der Waals surface area contributed by atoms with Gasteiger partial charge in [-0.05, 0) is 12.5 Å². The highest BCUT2D eigenvalue weighted by atomic mass is 35.5. The highest BCUT2D eigenvalue weighted by molar-refractivity contribution is 6.31. The van der Waals surface area contributed by atoms with Crippen LogP contribution in [0.4, 0.5) is 14.6 Å². The minimum atomic E-state index is -0.787. The van der Waals surface area contributed by atoms with Gasteiger partial charge < -0.3 is 10.3 Å². The maximum Gasteiger partial charge on any atom is 0.349 e. The molecule has 11 heteroatoms. The third kappa shape index (κ3) is 3.52. The number of hydrogen-bond acceptors (Lipinski definition) is 5. The number of carbonyl (C=O) groups is 1. The number of pyridine rings is 1. The Labute approximate surface area is 175 Å². The fourth-order valence-corrected chi connectivity index (χ4v) is 3.76. The molecule has 1 amide bonds. The molecule has 0 aliphatic carbocycles. The van der Waals surface area contributed by atoms with E-state index in [1.54, 1.807) is 12.3 Å². The molecule has 30 heavy (non-hydrogen) atoms. The number of carbonyl (C=O) groups excluding carboxylic acids is 1. The van der Waals surface area contributed by atoms with E-state index >= 15 is 0 Å². The van der Waals surface area contributed by atoms with Gasteiger partial charge in [-0.15, -0.1) is 0 Å². The van der Waals surface area contributed by atoms with Gasteiger partial charge in [0.05, 0.1) is 17.6 Å². The van der Waals surface area contributed by atoms with Crippen molar-refractivity contribution in [3.05, 3.63) is 40.3 Å². The lowest BCUT2D eigenvalue weighted by Crippen LogP contribution is -2.46. The number of aromatic nitrogens is 4. The predicted octanol–water partition coefficient (Wildman–Crippen LogP) is 3.16. The molecule has 1 saturated heterocycles. The van der Waals surface area contributed by atoms with Crippen LogP contribution < -0.4 is 10.2 Å². The van der Waals surface area contributed by atoms with Crippen LogP contribution in [0.25, 0.3) is 27.3 Å². The zero-order valence-electron chi connectivity index (χ0n) is 15.6. The van der Waals surface area contributed by atoms with Gasteiger partial charge in [0.2, 0.25) is 5.91 Å². The minimum Gasteiger partial charge on any atom is -0.352 e. The standard InChI is InChI=1S/C19H16ClF2N7O/c1-23-15-3-2-14(19(30)24-5-4-21)29(15)18-13(22)9-27-17(28-18)12-8-26-16-11(12)6-10(20)7-25-16/h1,6-9,14-15H,2-5H2,(H-,24,25,26,27,28,30)/p+1/t14-,15+/m1/s1. The molecule has 3 aromatic rings. The molecule has 0 saturated carbocycles. The van der Waals surface area contributed by atoms with E-state index in [1.165, 1.54) is 11.1 Å². The molecule has 2 N–H and O–H groups in total. The van der Waals surface area contributed by atoms with Gasteiger partial charge in [-0.2, -0.15) is 0 Å². The molecular formula is C19H17ClF2N7O+. The van der Waals surface area contributed by atoms with Crippen LogP contribution in [0.3, 0.4) is 0 Å². The summed E-state index contributed by atoms with van der Waals surface area (Å²) in [5, 5.41) is 3.57. The fraction of sp³-hybridized carbons (Fsp3) is 0.316. The average molecular weight is 433 g/mol. The molecule has 1 aliphatic heterocycles. The molecule has 2 atom stereocenters. The molecule has 8 nitrogen and oxygen atoms in total. The Kier molecular flexibility index (Phi) is 5.46. The molecule has 0 bridgehead atoms. The number of halogens is 3. The predicted molar refractivity (Wildman–Crippen MR) is 109 cm³/mol. The molecule has 1 fully saturated rings. The first kappa shape index (κ1) is 20.0. The molecule has 0 unspecified atom stereocenters. The number of nitrogens with one attached hydrogen (secondary N) is 2. The minimum absolute atomic E-state index is 0.110. The van der Waals surface area contributed by atoms with Crippen LogP contribution in [0.5, 0.6) is 0 Å². The number of fused-ring (bicyclic) bond motifs is 1. The summed E-state index contributed by atoms with van der Waals surface area (Å²) in [6.45, 7) is 4.66. The van der Waals surface area contributed by atoms with E-state index in [4.69, 9.17) is 18.2 Å². The van der Waals surface area contributed by atoms with Crippen LogP contribution in [0.1, 0.15) is 12.8 Å². The molecule has 0 aromatic carbocycles. The van der Waals surface area contributed by atoms with Gasteiger partial charge in [-0.1, -0.05) is 16.4 Å². The third-order valence-corrected chi connectivity index (χ3v) is 5.14. The van der Waals surface area contributed by atoms with Gasteiger partial charge in [0.1, 0.15) is 18.4 Å². The van der Waals surface area contributed by atoms with E-state index in [0.29, 0.717) is 34.5 Å². The zero-order chi connectivity index (χ0) is 21.3. The lowest BCUT2D eigenvalue weighted by Gasteiger charge is -2.24. The molecular weight excluding hydrogens is 416 g/mol. The van der Waals surface area contributed by atoms with Gasteiger partial charge >= 0.3 is 6.17 Å². The fourth-order valence-electron chi connectivity index (χ4n) is 3.61. The summed E-state index contributed by atoms with van der Waals surface area (Å²) >= 11 is 6.05. The normalized spacial score (nSPS) is 18.5. The molecule has 3 aromatic heterocycles. The number of anilines is 1. The molecule has 0 radical (unpaired) electrons. The Hall–Kier alpha value is -3.32. The zero-order valence-corrected chi connectivity index (χ0v) is 16.4. The lowest BCUT2D eigenvalue weighted by atomic mass is 10.2. The van der Waals surface area contributed by atoms with Crippen molar-refractivity contribution in [2.45, 2.75) is 25.0 Å². The van der Waals surface area contributed by atoms with Crippen LogP contribution in [-0.2, 0) is 4.79 Å². The van der Waals surface area contributed by atoms with Crippen molar-refractivity contribution in [1.29, 1.82) is 0 Å². The van der Waals surface area contributed by atoms with E-state index in [-0.39, 0.29) is 18.2 Å². The second-order valence-corrected chi connectivity index (χ2v) is 7.16. The molecule has 0 spiro atoms. The Morgan fingerprint density at radius 3 is 3.00 bits per heavy atom. The van der Waals surface area contributed by atoms with Gasteiger partial charge in [0, 0.05) is 29.9 Å². The van der Waals surface area contributed by atoms with Crippen LogP contribution in [0, 0.1) is 12.4 Å². The number of amides is 1. The Morgan fingerprint density at radius 1 is 1.40 bits per heavy atom. The highest BCUT2D eigenvalue weighted by Gasteiger charge is 2.45. The van der Waals surface area contributed by atoms with Crippen molar-refractivity contribution in [1.82, 2.24) is 25.3 Å². The van der Waals surface area contributed by atoms with Crippen LogP contribution in [0.15, 0.2) is 24.7 Å². The number of hydrogen-bond donors (Lipinski definition) is 2. The number of H-pyrrole nitrogens is 1. The van der Waals surface area contributed by atoms with Gasteiger partial charge in [0.25, 0.3) is 6.57 Å². The van der Waals surface area contributed by atoms with E-state index < -0.39 is 30.6 Å². The third-order valence-electron chi connectivity index (χ3n) is 4.93. The van der Waals surface area contributed by atoms with Crippen molar-refractivity contribution in [3.63, 3.8) is 0 Å². The van der Waals surface area contributed by atoms with Gasteiger partial charge in [0.15, 0.2) is 17.5 Å². The van der Waals surface area contributed by atoms with Crippen molar-refractivity contribution >= 4 is 34.4 Å². The number of nitrogens with zero attached hydrogens (tertiary/aromatic N) is 5. The summed E-state index contributed by atoms with van der Waals surface area (Å²) in [4.78, 5) is 33.3. The summed E-state index contributed by atoms with van der Waals surface area (Å²) in [7, 11) is 0. The number of alkyl halides is 1.